The average Bonchev–Trinajstić information content (AvgIpc) is 2.38. The molecule has 0 amide bonds. The summed E-state index contributed by atoms with van der Waals surface area (Å²) < 4.78 is 11.8. The second kappa shape index (κ2) is 8.49. The van der Waals surface area contributed by atoms with E-state index in [9.17, 15) is 5.11 Å². The standard InChI is InChI=1S/C15H24BrNO3/c1-5-20-14-7-11(6-12(16)15(14)19-4)8-17-9-13(18)10(2)3/h6-7,10,13,17-18H,5,8-9H2,1-4H3. The lowest BCUT2D eigenvalue weighted by molar-refractivity contribution is 0.123. The first-order chi connectivity index (χ1) is 9.49. The molecule has 1 unspecified atom stereocenters. The molecule has 0 heterocycles. The molecule has 0 bridgehead atoms. The van der Waals surface area contributed by atoms with Crippen LogP contribution in [0.25, 0.3) is 0 Å². The third-order valence-corrected chi connectivity index (χ3v) is 3.61. The van der Waals surface area contributed by atoms with Crippen LogP contribution in [0.3, 0.4) is 0 Å². The molecule has 1 rings (SSSR count). The van der Waals surface area contributed by atoms with Crippen molar-refractivity contribution in [2.75, 3.05) is 20.3 Å². The van der Waals surface area contributed by atoms with Gasteiger partial charge >= 0.3 is 0 Å². The van der Waals surface area contributed by atoms with Gasteiger partial charge in [0.2, 0.25) is 0 Å². The van der Waals surface area contributed by atoms with Gasteiger partial charge in [0.25, 0.3) is 0 Å². The summed E-state index contributed by atoms with van der Waals surface area (Å²) in [7, 11) is 1.62. The number of aliphatic hydroxyl groups excluding tert-OH is 1. The maximum absolute atomic E-state index is 9.76. The van der Waals surface area contributed by atoms with E-state index in [1.165, 1.54) is 0 Å². The van der Waals surface area contributed by atoms with Gasteiger partial charge in [-0.05, 0) is 46.5 Å². The van der Waals surface area contributed by atoms with E-state index in [1.54, 1.807) is 7.11 Å². The second-order valence-corrected chi connectivity index (χ2v) is 5.84. The first-order valence-corrected chi connectivity index (χ1v) is 7.66. The Bertz CT molecular complexity index is 424. The Labute approximate surface area is 129 Å². The molecule has 0 saturated carbocycles. The zero-order valence-electron chi connectivity index (χ0n) is 12.6. The average molecular weight is 346 g/mol. The Kier molecular flexibility index (Phi) is 7.34. The van der Waals surface area contributed by atoms with E-state index in [4.69, 9.17) is 9.47 Å². The minimum Gasteiger partial charge on any atom is -0.492 e. The van der Waals surface area contributed by atoms with E-state index in [0.717, 1.165) is 15.8 Å². The summed E-state index contributed by atoms with van der Waals surface area (Å²) in [6.45, 7) is 7.79. The molecule has 0 aliphatic carbocycles. The second-order valence-electron chi connectivity index (χ2n) is 4.98. The molecule has 2 N–H and O–H groups in total. The van der Waals surface area contributed by atoms with E-state index in [2.05, 4.69) is 21.2 Å². The Hall–Kier alpha value is -0.780. The number of aliphatic hydroxyl groups is 1. The summed E-state index contributed by atoms with van der Waals surface area (Å²) in [5.74, 6) is 1.69. The number of halogens is 1. The molecule has 0 aromatic heterocycles. The molecule has 0 spiro atoms. The zero-order chi connectivity index (χ0) is 15.1. The lowest BCUT2D eigenvalue weighted by Crippen LogP contribution is -2.30. The van der Waals surface area contributed by atoms with Crippen molar-refractivity contribution >= 4 is 15.9 Å². The Balaban J connectivity index is 2.71. The fourth-order valence-electron chi connectivity index (χ4n) is 1.78. The van der Waals surface area contributed by atoms with Crippen molar-refractivity contribution in [3.63, 3.8) is 0 Å². The van der Waals surface area contributed by atoms with Gasteiger partial charge in [0.1, 0.15) is 0 Å². The predicted octanol–water partition coefficient (Wildman–Crippen LogP) is 2.96. The van der Waals surface area contributed by atoms with Crippen molar-refractivity contribution in [3.05, 3.63) is 22.2 Å². The van der Waals surface area contributed by atoms with E-state index in [0.29, 0.717) is 25.4 Å². The molecule has 0 aliphatic heterocycles. The van der Waals surface area contributed by atoms with Crippen LogP contribution < -0.4 is 14.8 Å². The lowest BCUT2D eigenvalue weighted by atomic mass is 10.1. The van der Waals surface area contributed by atoms with E-state index >= 15 is 0 Å². The summed E-state index contributed by atoms with van der Waals surface area (Å²) in [6.07, 6.45) is -0.331. The van der Waals surface area contributed by atoms with Gasteiger partial charge in [-0.25, -0.2) is 0 Å². The fourth-order valence-corrected chi connectivity index (χ4v) is 2.44. The number of hydrogen-bond acceptors (Lipinski definition) is 4. The highest BCUT2D eigenvalue weighted by molar-refractivity contribution is 9.10. The molecule has 114 valence electrons. The smallest absolute Gasteiger partial charge is 0.174 e. The van der Waals surface area contributed by atoms with Gasteiger partial charge in [0, 0.05) is 13.1 Å². The minimum atomic E-state index is -0.331. The van der Waals surface area contributed by atoms with Crippen LogP contribution >= 0.6 is 15.9 Å². The Morgan fingerprint density at radius 3 is 2.60 bits per heavy atom. The Morgan fingerprint density at radius 1 is 1.35 bits per heavy atom. The molecule has 0 saturated heterocycles. The molecule has 5 heteroatoms. The molecule has 1 aromatic carbocycles. The van der Waals surface area contributed by atoms with Gasteiger partial charge < -0.3 is 19.9 Å². The maximum Gasteiger partial charge on any atom is 0.174 e. The fraction of sp³-hybridized carbons (Fsp3) is 0.600. The number of rotatable bonds is 8. The largest absolute Gasteiger partial charge is 0.492 e. The summed E-state index contributed by atoms with van der Waals surface area (Å²) in [6, 6.07) is 3.96. The van der Waals surface area contributed by atoms with E-state index < -0.39 is 0 Å². The van der Waals surface area contributed by atoms with Gasteiger partial charge in [-0.1, -0.05) is 13.8 Å². The van der Waals surface area contributed by atoms with Gasteiger partial charge in [-0.2, -0.15) is 0 Å². The van der Waals surface area contributed by atoms with Crippen molar-refractivity contribution < 1.29 is 14.6 Å². The van der Waals surface area contributed by atoms with Gasteiger partial charge in [-0.15, -0.1) is 0 Å². The minimum absolute atomic E-state index is 0.254. The number of ether oxygens (including phenoxy) is 2. The topological polar surface area (TPSA) is 50.7 Å². The molecule has 0 fully saturated rings. The third-order valence-electron chi connectivity index (χ3n) is 3.03. The highest BCUT2D eigenvalue weighted by Crippen LogP contribution is 2.36. The van der Waals surface area contributed by atoms with E-state index in [-0.39, 0.29) is 12.0 Å². The number of benzene rings is 1. The zero-order valence-corrected chi connectivity index (χ0v) is 14.2. The van der Waals surface area contributed by atoms with Crippen molar-refractivity contribution in [1.29, 1.82) is 0 Å². The SMILES string of the molecule is CCOc1cc(CNCC(O)C(C)C)cc(Br)c1OC. The molecular weight excluding hydrogens is 322 g/mol. The molecule has 0 aliphatic rings. The van der Waals surface area contributed by atoms with Gasteiger partial charge in [0.15, 0.2) is 11.5 Å². The Morgan fingerprint density at radius 2 is 2.05 bits per heavy atom. The quantitative estimate of drug-likeness (QED) is 0.760. The van der Waals surface area contributed by atoms with Crippen molar-refractivity contribution in [2.45, 2.75) is 33.4 Å². The number of methoxy groups -OCH3 is 1. The van der Waals surface area contributed by atoms with Crippen LogP contribution in [0.1, 0.15) is 26.3 Å². The van der Waals surface area contributed by atoms with Crippen molar-refractivity contribution in [1.82, 2.24) is 5.32 Å². The molecule has 20 heavy (non-hydrogen) atoms. The highest BCUT2D eigenvalue weighted by atomic mass is 79.9. The monoisotopic (exact) mass is 345 g/mol. The van der Waals surface area contributed by atoms with Crippen molar-refractivity contribution in [2.24, 2.45) is 5.92 Å². The first kappa shape index (κ1) is 17.3. The summed E-state index contributed by atoms with van der Waals surface area (Å²) >= 11 is 3.49. The van der Waals surface area contributed by atoms with Crippen LogP contribution in [0.4, 0.5) is 0 Å². The molecular formula is C15H24BrNO3. The predicted molar refractivity (Wildman–Crippen MR) is 84.4 cm³/mol. The summed E-state index contributed by atoms with van der Waals surface area (Å²) in [4.78, 5) is 0. The van der Waals surface area contributed by atoms with Crippen LogP contribution in [-0.2, 0) is 6.54 Å². The molecule has 0 radical (unpaired) electrons. The molecule has 1 aromatic rings. The number of hydrogen-bond donors (Lipinski definition) is 2. The normalized spacial score (nSPS) is 12.6. The highest BCUT2D eigenvalue weighted by Gasteiger charge is 2.12. The van der Waals surface area contributed by atoms with Crippen LogP contribution in [0, 0.1) is 5.92 Å². The maximum atomic E-state index is 9.76. The molecule has 4 nitrogen and oxygen atoms in total. The summed E-state index contributed by atoms with van der Waals surface area (Å²) in [5, 5.41) is 13.0. The van der Waals surface area contributed by atoms with E-state index in [1.807, 2.05) is 32.9 Å². The summed E-state index contributed by atoms with van der Waals surface area (Å²) in [5.41, 5.74) is 1.08. The van der Waals surface area contributed by atoms with Crippen LogP contribution in [0.15, 0.2) is 16.6 Å². The number of nitrogens with one attached hydrogen (secondary N) is 1. The first-order valence-electron chi connectivity index (χ1n) is 6.87. The van der Waals surface area contributed by atoms with Gasteiger partial charge in [-0.3, -0.25) is 0 Å². The van der Waals surface area contributed by atoms with Crippen LogP contribution in [-0.4, -0.2) is 31.5 Å². The lowest BCUT2D eigenvalue weighted by Gasteiger charge is -2.16. The van der Waals surface area contributed by atoms with Crippen LogP contribution in [0.2, 0.25) is 0 Å². The molecule has 1 atom stereocenters. The van der Waals surface area contributed by atoms with Gasteiger partial charge in [0.05, 0.1) is 24.3 Å². The third kappa shape index (κ3) is 4.96. The van der Waals surface area contributed by atoms with Crippen molar-refractivity contribution in [3.8, 4) is 11.5 Å². The van der Waals surface area contributed by atoms with Crippen LogP contribution in [0.5, 0.6) is 11.5 Å².